The molecule has 5 rings (SSSR count). The largest absolute Gasteiger partial charge is 0.438 e. The second-order valence-corrected chi connectivity index (χ2v) is 7.45. The molecule has 0 unspecified atom stereocenters. The minimum absolute atomic E-state index is 0.134. The minimum atomic E-state index is -0.349. The predicted molar refractivity (Wildman–Crippen MR) is 128 cm³/mol. The van der Waals surface area contributed by atoms with Gasteiger partial charge in [-0.15, -0.1) is 0 Å². The number of hydrogen-bond acceptors (Lipinski definition) is 3. The van der Waals surface area contributed by atoms with Crippen LogP contribution in [0.15, 0.2) is 114 Å². The number of amides is 1. The zero-order chi connectivity index (χ0) is 22.6. The Kier molecular flexibility index (Phi) is 5.32. The van der Waals surface area contributed by atoms with Gasteiger partial charge in [-0.05, 0) is 42.0 Å². The standard InChI is InChI=1S/C28H19N3O2/c29-19-24-25(20-9-3-1-4-10-20)26(21-11-5-2-6-12-21)33-28(24)30-27(32)22-13-15-23(16-14-22)31-17-7-8-18-31/h1-18H,(H,30,32). The van der Waals surface area contributed by atoms with Crippen LogP contribution < -0.4 is 5.32 Å². The highest BCUT2D eigenvalue weighted by molar-refractivity contribution is 6.05. The van der Waals surface area contributed by atoms with Gasteiger partial charge in [-0.2, -0.15) is 5.26 Å². The summed E-state index contributed by atoms with van der Waals surface area (Å²) < 4.78 is 8.05. The number of carbonyl (C=O) groups is 1. The molecule has 0 spiro atoms. The molecular formula is C28H19N3O2. The lowest BCUT2D eigenvalue weighted by atomic mass is 9.98. The maximum absolute atomic E-state index is 13.0. The van der Waals surface area contributed by atoms with Crippen molar-refractivity contribution in [1.29, 1.82) is 5.26 Å². The van der Waals surface area contributed by atoms with Crippen LogP contribution in [0.2, 0.25) is 0 Å². The molecule has 1 N–H and O–H groups in total. The van der Waals surface area contributed by atoms with Gasteiger partial charge in [0, 0.05) is 34.8 Å². The smallest absolute Gasteiger partial charge is 0.258 e. The van der Waals surface area contributed by atoms with Gasteiger partial charge in [-0.3, -0.25) is 10.1 Å². The summed E-state index contributed by atoms with van der Waals surface area (Å²) in [5.41, 5.74) is 4.02. The Balaban J connectivity index is 1.53. The summed E-state index contributed by atoms with van der Waals surface area (Å²) in [7, 11) is 0. The summed E-state index contributed by atoms with van der Waals surface area (Å²) in [6, 6.07) is 32.5. The molecule has 158 valence electrons. The van der Waals surface area contributed by atoms with Crippen molar-refractivity contribution in [2.75, 3.05) is 5.32 Å². The molecule has 0 aliphatic rings. The monoisotopic (exact) mass is 429 g/mol. The average molecular weight is 429 g/mol. The molecule has 2 aromatic heterocycles. The molecule has 3 aromatic carbocycles. The summed E-state index contributed by atoms with van der Waals surface area (Å²) in [5.74, 6) is 0.324. The van der Waals surface area contributed by atoms with E-state index in [-0.39, 0.29) is 17.4 Å². The summed E-state index contributed by atoms with van der Waals surface area (Å²) in [6.45, 7) is 0. The zero-order valence-corrected chi connectivity index (χ0v) is 17.6. The number of nitriles is 1. The van der Waals surface area contributed by atoms with Crippen LogP contribution in [0.5, 0.6) is 0 Å². The minimum Gasteiger partial charge on any atom is -0.438 e. The quantitative estimate of drug-likeness (QED) is 0.345. The first-order chi connectivity index (χ1) is 16.2. The van der Waals surface area contributed by atoms with Gasteiger partial charge in [0.15, 0.2) is 0 Å². The van der Waals surface area contributed by atoms with Gasteiger partial charge >= 0.3 is 0 Å². The maximum atomic E-state index is 13.0. The Morgan fingerprint density at radius 1 is 0.788 bits per heavy atom. The molecule has 5 heteroatoms. The fraction of sp³-hybridized carbons (Fsp3) is 0. The Morgan fingerprint density at radius 3 is 2.00 bits per heavy atom. The van der Waals surface area contributed by atoms with E-state index in [1.54, 1.807) is 12.1 Å². The molecular weight excluding hydrogens is 410 g/mol. The number of furan rings is 1. The second-order valence-electron chi connectivity index (χ2n) is 7.45. The van der Waals surface area contributed by atoms with Gasteiger partial charge in [0.2, 0.25) is 5.88 Å². The third-order valence-corrected chi connectivity index (χ3v) is 5.38. The van der Waals surface area contributed by atoms with Crippen LogP contribution in [0.1, 0.15) is 15.9 Å². The number of benzene rings is 3. The van der Waals surface area contributed by atoms with Gasteiger partial charge in [-0.1, -0.05) is 60.7 Å². The van der Waals surface area contributed by atoms with Crippen LogP contribution in [0, 0.1) is 11.3 Å². The summed E-state index contributed by atoms with van der Waals surface area (Å²) in [6.07, 6.45) is 3.88. The first-order valence-electron chi connectivity index (χ1n) is 10.5. The van der Waals surface area contributed by atoms with Crippen molar-refractivity contribution in [2.45, 2.75) is 0 Å². The van der Waals surface area contributed by atoms with Crippen molar-refractivity contribution in [1.82, 2.24) is 4.57 Å². The fourth-order valence-electron chi connectivity index (χ4n) is 3.77. The molecule has 0 atom stereocenters. The van der Waals surface area contributed by atoms with Gasteiger partial charge in [-0.25, -0.2) is 0 Å². The fourth-order valence-corrected chi connectivity index (χ4v) is 3.77. The van der Waals surface area contributed by atoms with Crippen LogP contribution in [0.25, 0.3) is 28.1 Å². The topological polar surface area (TPSA) is 71.0 Å². The van der Waals surface area contributed by atoms with E-state index in [0.717, 1.165) is 16.8 Å². The van der Waals surface area contributed by atoms with Crippen LogP contribution >= 0.6 is 0 Å². The Hall–Kier alpha value is -4.82. The van der Waals surface area contributed by atoms with Crippen molar-refractivity contribution in [3.63, 3.8) is 0 Å². The predicted octanol–water partition coefficient (Wildman–Crippen LogP) is 6.53. The van der Waals surface area contributed by atoms with Gasteiger partial charge in [0.05, 0.1) is 0 Å². The Labute approximate surface area is 191 Å². The number of anilines is 1. The molecule has 0 saturated carbocycles. The van der Waals surface area contributed by atoms with Crippen molar-refractivity contribution >= 4 is 11.8 Å². The Morgan fingerprint density at radius 2 is 1.39 bits per heavy atom. The first kappa shape index (κ1) is 20.1. The maximum Gasteiger partial charge on any atom is 0.258 e. The molecule has 0 saturated heterocycles. The van der Waals surface area contributed by atoms with Crippen LogP contribution in [-0.4, -0.2) is 10.5 Å². The SMILES string of the molecule is N#Cc1c(NC(=O)c2ccc(-n3cccc3)cc2)oc(-c2ccccc2)c1-c1ccccc1. The van der Waals surface area contributed by atoms with E-state index < -0.39 is 0 Å². The number of nitrogens with zero attached hydrogens (tertiary/aromatic N) is 2. The molecule has 0 aliphatic carbocycles. The molecule has 0 bridgehead atoms. The van der Waals surface area contributed by atoms with E-state index >= 15 is 0 Å². The highest BCUT2D eigenvalue weighted by atomic mass is 16.4. The van der Waals surface area contributed by atoms with Crippen LogP contribution in [-0.2, 0) is 0 Å². The summed E-state index contributed by atoms with van der Waals surface area (Å²) in [5, 5.41) is 12.8. The molecule has 2 heterocycles. The van der Waals surface area contributed by atoms with E-state index in [2.05, 4.69) is 11.4 Å². The van der Waals surface area contributed by atoms with E-state index in [1.165, 1.54) is 0 Å². The van der Waals surface area contributed by atoms with Crippen molar-refractivity contribution < 1.29 is 9.21 Å². The second kappa shape index (κ2) is 8.74. The highest BCUT2D eigenvalue weighted by Crippen LogP contribution is 2.41. The van der Waals surface area contributed by atoms with E-state index in [1.807, 2.05) is 102 Å². The van der Waals surface area contributed by atoms with E-state index in [0.29, 0.717) is 16.9 Å². The lowest BCUT2D eigenvalue weighted by Crippen LogP contribution is -2.12. The van der Waals surface area contributed by atoms with Gasteiger partial charge in [0.1, 0.15) is 17.4 Å². The zero-order valence-electron chi connectivity index (χ0n) is 17.6. The van der Waals surface area contributed by atoms with Gasteiger partial charge in [0.25, 0.3) is 5.91 Å². The molecule has 0 aliphatic heterocycles. The summed E-state index contributed by atoms with van der Waals surface area (Å²) in [4.78, 5) is 13.0. The van der Waals surface area contributed by atoms with Crippen molar-refractivity contribution in [3.05, 3.63) is 121 Å². The molecule has 5 nitrogen and oxygen atoms in total. The van der Waals surface area contributed by atoms with Gasteiger partial charge < -0.3 is 8.98 Å². The molecule has 5 aromatic rings. The normalized spacial score (nSPS) is 10.5. The number of hydrogen-bond donors (Lipinski definition) is 1. The van der Waals surface area contributed by atoms with Crippen LogP contribution in [0.3, 0.4) is 0 Å². The van der Waals surface area contributed by atoms with Crippen molar-refractivity contribution in [2.24, 2.45) is 0 Å². The number of aromatic nitrogens is 1. The number of nitrogens with one attached hydrogen (secondary N) is 1. The number of rotatable bonds is 5. The third kappa shape index (κ3) is 3.93. The van der Waals surface area contributed by atoms with E-state index in [4.69, 9.17) is 4.42 Å². The Bertz CT molecular complexity index is 1430. The molecule has 1 amide bonds. The third-order valence-electron chi connectivity index (χ3n) is 5.38. The lowest BCUT2D eigenvalue weighted by molar-refractivity contribution is 0.102. The van der Waals surface area contributed by atoms with E-state index in [9.17, 15) is 10.1 Å². The number of carbonyl (C=O) groups excluding carboxylic acids is 1. The first-order valence-corrected chi connectivity index (χ1v) is 10.5. The molecule has 0 fully saturated rings. The average Bonchev–Trinajstić information content (AvgIpc) is 3.53. The molecule has 33 heavy (non-hydrogen) atoms. The van der Waals surface area contributed by atoms with Crippen LogP contribution in [0.4, 0.5) is 5.88 Å². The van der Waals surface area contributed by atoms with Crippen molar-refractivity contribution in [3.8, 4) is 34.2 Å². The summed E-state index contributed by atoms with van der Waals surface area (Å²) >= 11 is 0. The lowest BCUT2D eigenvalue weighted by Gasteiger charge is -2.06. The highest BCUT2D eigenvalue weighted by Gasteiger charge is 2.24. The molecule has 0 radical (unpaired) electrons.